The van der Waals surface area contributed by atoms with E-state index in [1.807, 2.05) is 18.2 Å². The molecule has 1 spiro atoms. The molecule has 1 saturated heterocycles. The van der Waals surface area contributed by atoms with Crippen LogP contribution in [-0.2, 0) is 4.79 Å². The number of benzene rings is 1. The van der Waals surface area contributed by atoms with Gasteiger partial charge in [0.15, 0.2) is 0 Å². The van der Waals surface area contributed by atoms with Crippen LogP contribution in [0.5, 0.6) is 0 Å². The molecule has 2 nitrogen and oxygen atoms in total. The van der Waals surface area contributed by atoms with Gasteiger partial charge in [-0.3, -0.25) is 4.79 Å². The Bertz CT molecular complexity index is 367. The minimum absolute atomic E-state index is 0.0283. The van der Waals surface area contributed by atoms with Crippen LogP contribution in [-0.4, -0.2) is 5.91 Å². The lowest BCUT2D eigenvalue weighted by Crippen LogP contribution is -2.21. The molecule has 3 rings (SSSR count). The van der Waals surface area contributed by atoms with Crippen molar-refractivity contribution < 1.29 is 4.79 Å². The van der Waals surface area contributed by atoms with Gasteiger partial charge in [0.1, 0.15) is 0 Å². The zero-order chi connectivity index (χ0) is 9.60. The van der Waals surface area contributed by atoms with Gasteiger partial charge in [-0.05, 0) is 24.8 Å². The van der Waals surface area contributed by atoms with Crippen molar-refractivity contribution in [3.05, 3.63) is 35.9 Å². The van der Waals surface area contributed by atoms with E-state index >= 15 is 0 Å². The Hall–Kier alpha value is -1.31. The number of carbonyl (C=O) groups excluding carboxylic acids is 1. The van der Waals surface area contributed by atoms with E-state index in [1.165, 1.54) is 5.56 Å². The van der Waals surface area contributed by atoms with Crippen molar-refractivity contribution in [3.8, 4) is 0 Å². The molecule has 0 bridgehead atoms. The fraction of sp³-hybridized carbons (Fsp3) is 0.417. The molecule has 1 heterocycles. The molecule has 1 aromatic rings. The van der Waals surface area contributed by atoms with E-state index in [2.05, 4.69) is 17.4 Å². The maximum absolute atomic E-state index is 11.6. The zero-order valence-corrected chi connectivity index (χ0v) is 7.99. The molecule has 2 heteroatoms. The van der Waals surface area contributed by atoms with E-state index in [9.17, 15) is 4.79 Å². The highest BCUT2D eigenvalue weighted by Gasteiger charge is 2.55. The average Bonchev–Trinajstić information content (AvgIpc) is 2.91. The van der Waals surface area contributed by atoms with Crippen molar-refractivity contribution in [2.45, 2.75) is 25.3 Å². The lowest BCUT2D eigenvalue weighted by atomic mass is 9.98. The highest BCUT2D eigenvalue weighted by Crippen LogP contribution is 2.55. The van der Waals surface area contributed by atoms with Crippen LogP contribution < -0.4 is 5.32 Å². The summed E-state index contributed by atoms with van der Waals surface area (Å²) < 4.78 is 0. The van der Waals surface area contributed by atoms with Gasteiger partial charge in [0.05, 0.1) is 11.5 Å². The smallest absolute Gasteiger partial charge is 0.226 e. The minimum Gasteiger partial charge on any atom is -0.349 e. The normalized spacial score (nSPS) is 27.7. The lowest BCUT2D eigenvalue weighted by molar-refractivity contribution is -0.123. The number of amides is 1. The first-order valence-corrected chi connectivity index (χ1v) is 5.16. The van der Waals surface area contributed by atoms with E-state index in [-0.39, 0.29) is 17.4 Å². The first-order chi connectivity index (χ1) is 6.80. The van der Waals surface area contributed by atoms with Crippen LogP contribution in [0.15, 0.2) is 30.3 Å². The molecule has 0 radical (unpaired) electrons. The monoisotopic (exact) mass is 187 g/mol. The van der Waals surface area contributed by atoms with Crippen LogP contribution in [0.1, 0.15) is 30.9 Å². The Balaban J connectivity index is 1.86. The van der Waals surface area contributed by atoms with Gasteiger partial charge in [-0.1, -0.05) is 30.3 Å². The van der Waals surface area contributed by atoms with Crippen LogP contribution in [0.4, 0.5) is 0 Å². The van der Waals surface area contributed by atoms with E-state index in [1.54, 1.807) is 0 Å². The fourth-order valence-corrected chi connectivity index (χ4v) is 2.31. The van der Waals surface area contributed by atoms with Gasteiger partial charge in [-0.2, -0.15) is 0 Å². The van der Waals surface area contributed by atoms with Crippen LogP contribution in [0, 0.1) is 5.41 Å². The first-order valence-electron chi connectivity index (χ1n) is 5.16. The van der Waals surface area contributed by atoms with E-state index in [4.69, 9.17) is 0 Å². The summed E-state index contributed by atoms with van der Waals surface area (Å²) in [4.78, 5) is 11.6. The van der Waals surface area contributed by atoms with Crippen molar-refractivity contribution in [1.82, 2.24) is 5.32 Å². The molecule has 1 aliphatic heterocycles. The van der Waals surface area contributed by atoms with Crippen molar-refractivity contribution in [3.63, 3.8) is 0 Å². The Kier molecular flexibility index (Phi) is 1.49. The quantitative estimate of drug-likeness (QED) is 0.716. The molecule has 1 atom stereocenters. The van der Waals surface area contributed by atoms with Crippen LogP contribution >= 0.6 is 0 Å². The molecule has 2 fully saturated rings. The van der Waals surface area contributed by atoms with E-state index in [0.717, 1.165) is 19.3 Å². The summed E-state index contributed by atoms with van der Waals surface area (Å²) in [6, 6.07) is 10.5. The van der Waals surface area contributed by atoms with E-state index in [0.29, 0.717) is 0 Å². The van der Waals surface area contributed by atoms with Crippen molar-refractivity contribution in [2.24, 2.45) is 5.41 Å². The summed E-state index contributed by atoms with van der Waals surface area (Å²) in [5.74, 6) is 0.270. The third kappa shape index (κ3) is 1.07. The first kappa shape index (κ1) is 8.04. The molecule has 2 aliphatic rings. The van der Waals surface area contributed by atoms with Gasteiger partial charge < -0.3 is 5.32 Å². The van der Waals surface area contributed by atoms with E-state index < -0.39 is 0 Å². The second-order valence-corrected chi connectivity index (χ2v) is 4.42. The van der Waals surface area contributed by atoms with Gasteiger partial charge >= 0.3 is 0 Å². The number of rotatable bonds is 1. The summed E-state index contributed by atoms with van der Waals surface area (Å²) in [7, 11) is 0. The molecular formula is C12H13NO. The van der Waals surface area contributed by atoms with Crippen molar-refractivity contribution in [1.29, 1.82) is 0 Å². The standard InChI is InChI=1S/C12H13NO/c14-11-12(6-7-12)8-10(13-11)9-4-2-1-3-5-9/h1-5,10H,6-8H2,(H,13,14). The SMILES string of the molecule is O=C1NC(c2ccccc2)CC12CC2. The van der Waals surface area contributed by atoms with Gasteiger partial charge in [0, 0.05) is 0 Å². The summed E-state index contributed by atoms with van der Waals surface area (Å²) in [6.45, 7) is 0. The fourth-order valence-electron chi connectivity index (χ4n) is 2.31. The number of hydrogen-bond acceptors (Lipinski definition) is 1. The summed E-state index contributed by atoms with van der Waals surface area (Å²) in [5, 5.41) is 3.08. The summed E-state index contributed by atoms with van der Waals surface area (Å²) in [5.41, 5.74) is 1.27. The van der Waals surface area contributed by atoms with Crippen LogP contribution in [0.3, 0.4) is 0 Å². The molecule has 72 valence electrons. The molecule has 1 unspecified atom stereocenters. The predicted octanol–water partition coefficient (Wildman–Crippen LogP) is 2.03. The minimum atomic E-state index is 0.0283. The molecule has 1 amide bonds. The van der Waals surface area contributed by atoms with Gasteiger partial charge in [-0.15, -0.1) is 0 Å². The predicted molar refractivity (Wildman–Crippen MR) is 53.6 cm³/mol. The van der Waals surface area contributed by atoms with Crippen molar-refractivity contribution >= 4 is 5.91 Å². The maximum atomic E-state index is 11.6. The molecule has 1 N–H and O–H groups in total. The van der Waals surface area contributed by atoms with Gasteiger partial charge in [0.2, 0.25) is 5.91 Å². The Morgan fingerprint density at radius 2 is 1.93 bits per heavy atom. The Labute approximate surface area is 83.3 Å². The number of hydrogen-bond donors (Lipinski definition) is 1. The second kappa shape index (κ2) is 2.59. The summed E-state index contributed by atoms with van der Waals surface area (Å²) >= 11 is 0. The molecule has 1 aliphatic carbocycles. The largest absolute Gasteiger partial charge is 0.349 e. The molecule has 1 aromatic carbocycles. The topological polar surface area (TPSA) is 29.1 Å². The Morgan fingerprint density at radius 3 is 2.50 bits per heavy atom. The highest BCUT2D eigenvalue weighted by atomic mass is 16.2. The lowest BCUT2D eigenvalue weighted by Gasteiger charge is -2.09. The van der Waals surface area contributed by atoms with Gasteiger partial charge in [0.25, 0.3) is 0 Å². The summed E-state index contributed by atoms with van der Waals surface area (Å²) in [6.07, 6.45) is 3.17. The molecule has 0 aromatic heterocycles. The highest BCUT2D eigenvalue weighted by molar-refractivity contribution is 5.88. The van der Waals surface area contributed by atoms with Crippen molar-refractivity contribution in [2.75, 3.05) is 0 Å². The molecule has 1 saturated carbocycles. The number of carbonyl (C=O) groups is 1. The average molecular weight is 187 g/mol. The molecular weight excluding hydrogens is 174 g/mol. The number of nitrogens with one attached hydrogen (secondary N) is 1. The molecule has 14 heavy (non-hydrogen) atoms. The van der Waals surface area contributed by atoms with Gasteiger partial charge in [-0.25, -0.2) is 0 Å². The third-order valence-electron chi connectivity index (χ3n) is 3.44. The maximum Gasteiger partial charge on any atom is 0.226 e. The van der Waals surface area contributed by atoms with Crippen LogP contribution in [0.25, 0.3) is 0 Å². The van der Waals surface area contributed by atoms with Crippen LogP contribution in [0.2, 0.25) is 0 Å². The second-order valence-electron chi connectivity index (χ2n) is 4.42. The Morgan fingerprint density at radius 1 is 1.21 bits per heavy atom. The zero-order valence-electron chi connectivity index (χ0n) is 7.99. The third-order valence-corrected chi connectivity index (χ3v) is 3.44.